The highest BCUT2D eigenvalue weighted by Crippen LogP contribution is 2.44. The zero-order valence-electron chi connectivity index (χ0n) is 31.0. The van der Waals surface area contributed by atoms with Crippen molar-refractivity contribution in [3.63, 3.8) is 0 Å². The molecule has 0 radical (unpaired) electrons. The van der Waals surface area contributed by atoms with E-state index in [0.29, 0.717) is 76.6 Å². The molecular formula is C47H28Cl2N6O5. The Morgan fingerprint density at radius 1 is 0.500 bits per heavy atom. The highest BCUT2D eigenvalue weighted by molar-refractivity contribution is 6.34. The number of nitrogens with one attached hydrogen (secondary N) is 2. The average Bonchev–Trinajstić information content (AvgIpc) is 3.53. The van der Waals surface area contributed by atoms with Gasteiger partial charge in [-0.3, -0.25) is 14.4 Å². The quantitative estimate of drug-likeness (QED) is 0.112. The first-order valence-corrected chi connectivity index (χ1v) is 19.2. The molecule has 1 aliphatic rings. The Kier molecular flexibility index (Phi) is 9.81. The van der Waals surface area contributed by atoms with Crippen molar-refractivity contribution < 1.29 is 24.6 Å². The summed E-state index contributed by atoms with van der Waals surface area (Å²) in [6, 6.07) is 41.0. The van der Waals surface area contributed by atoms with Crippen molar-refractivity contribution in [3.8, 4) is 22.6 Å². The van der Waals surface area contributed by atoms with Crippen LogP contribution in [-0.4, -0.2) is 27.8 Å². The number of carbonyl (C=O) groups is 3. The zero-order valence-corrected chi connectivity index (χ0v) is 32.5. The minimum absolute atomic E-state index is 0.000144. The molecule has 0 saturated carbocycles. The van der Waals surface area contributed by atoms with E-state index in [0.717, 1.165) is 0 Å². The lowest BCUT2D eigenvalue weighted by molar-refractivity contribution is 0.101. The molecule has 0 heterocycles. The molecule has 290 valence electrons. The van der Waals surface area contributed by atoms with E-state index < -0.39 is 11.8 Å². The summed E-state index contributed by atoms with van der Waals surface area (Å²) >= 11 is 12.2. The van der Waals surface area contributed by atoms with Crippen LogP contribution in [0.25, 0.3) is 32.7 Å². The molecule has 1 aliphatic carbocycles. The summed E-state index contributed by atoms with van der Waals surface area (Å²) in [4.78, 5) is 40.5. The van der Waals surface area contributed by atoms with Crippen molar-refractivity contribution in [1.29, 1.82) is 0 Å². The molecule has 0 aliphatic heterocycles. The maximum atomic E-state index is 13.9. The van der Waals surface area contributed by atoms with E-state index in [2.05, 4.69) is 31.1 Å². The van der Waals surface area contributed by atoms with Crippen LogP contribution in [0.4, 0.5) is 34.1 Å². The van der Waals surface area contributed by atoms with Gasteiger partial charge in [-0.15, -0.1) is 10.2 Å². The third-order valence-corrected chi connectivity index (χ3v) is 10.6. The van der Waals surface area contributed by atoms with Gasteiger partial charge in [0.2, 0.25) is 0 Å². The highest BCUT2D eigenvalue weighted by Gasteiger charge is 2.28. The lowest BCUT2D eigenvalue weighted by atomic mass is 10.0. The van der Waals surface area contributed by atoms with Gasteiger partial charge in [-0.1, -0.05) is 96.0 Å². The number of nitrogens with zero attached hydrogens (tertiary/aromatic N) is 4. The van der Waals surface area contributed by atoms with Crippen LogP contribution in [0.2, 0.25) is 10.0 Å². The maximum Gasteiger partial charge on any atom is 0.259 e. The van der Waals surface area contributed by atoms with E-state index >= 15 is 0 Å². The number of fused-ring (bicyclic) bond motifs is 5. The number of halogens is 2. The monoisotopic (exact) mass is 826 g/mol. The Labute approximate surface area is 351 Å². The minimum Gasteiger partial charge on any atom is -0.505 e. The first-order valence-electron chi connectivity index (χ1n) is 18.4. The van der Waals surface area contributed by atoms with Crippen molar-refractivity contribution in [1.82, 2.24) is 0 Å². The standard InChI is InChI=1S/C47H28Cl2N6O5/c48-27-13-15-28(16-14-27)50-46(59)37-21-25-7-1-3-9-31(25)41(44(37)57)54-52-29-17-19-33-34-20-18-30(24-36(34)43(56)35(33)23-29)53-55-42-32-10-4-2-8-26(32)22-38(45(42)58)47(60)51-40-12-6-5-11-39(40)49/h1-24,57-58H,(H,50,59)(H,51,60). The number of phenols is 2. The number of hydrogen-bond acceptors (Lipinski definition) is 9. The van der Waals surface area contributed by atoms with Crippen molar-refractivity contribution in [2.24, 2.45) is 20.5 Å². The van der Waals surface area contributed by atoms with E-state index in [9.17, 15) is 24.6 Å². The number of benzene rings is 8. The molecule has 0 saturated heterocycles. The van der Waals surface area contributed by atoms with E-state index in [1.54, 1.807) is 140 Å². The summed E-state index contributed by atoms with van der Waals surface area (Å²) in [6.45, 7) is 0. The number of rotatable bonds is 8. The molecule has 0 bridgehead atoms. The Morgan fingerprint density at radius 3 is 1.52 bits per heavy atom. The fourth-order valence-electron chi connectivity index (χ4n) is 7.06. The zero-order chi connectivity index (χ0) is 41.5. The predicted octanol–water partition coefficient (Wildman–Crippen LogP) is 13.3. The second kappa shape index (κ2) is 15.6. The van der Waals surface area contributed by atoms with Crippen LogP contribution in [0, 0.1) is 0 Å². The first kappa shape index (κ1) is 37.8. The number of carbonyl (C=O) groups excluding carboxylic acids is 3. The molecule has 0 aromatic heterocycles. The van der Waals surface area contributed by atoms with Gasteiger partial charge in [-0.05, 0) is 94.7 Å². The Morgan fingerprint density at radius 2 is 0.983 bits per heavy atom. The normalized spacial score (nSPS) is 12.0. The summed E-state index contributed by atoms with van der Waals surface area (Å²) in [7, 11) is 0. The number of ketones is 1. The summed E-state index contributed by atoms with van der Waals surface area (Å²) < 4.78 is 0. The molecule has 4 N–H and O–H groups in total. The van der Waals surface area contributed by atoms with Crippen LogP contribution in [0.15, 0.2) is 166 Å². The van der Waals surface area contributed by atoms with Crippen molar-refractivity contribution in [2.75, 3.05) is 10.6 Å². The van der Waals surface area contributed by atoms with Gasteiger partial charge in [0.1, 0.15) is 11.4 Å². The smallest absolute Gasteiger partial charge is 0.259 e. The molecule has 2 amide bonds. The summed E-state index contributed by atoms with van der Waals surface area (Å²) in [5.41, 5.74) is 3.86. The molecule has 13 heteroatoms. The second-order valence-electron chi connectivity index (χ2n) is 13.8. The molecule has 0 atom stereocenters. The van der Waals surface area contributed by atoms with Crippen LogP contribution in [0.5, 0.6) is 11.5 Å². The predicted molar refractivity (Wildman–Crippen MR) is 234 cm³/mol. The Balaban J connectivity index is 0.992. The van der Waals surface area contributed by atoms with Crippen LogP contribution in [0.1, 0.15) is 36.6 Å². The molecule has 11 nitrogen and oxygen atoms in total. The van der Waals surface area contributed by atoms with E-state index in [4.69, 9.17) is 23.2 Å². The van der Waals surface area contributed by atoms with Crippen molar-refractivity contribution in [3.05, 3.63) is 178 Å². The number of phenolic OH excluding ortho intramolecular Hbond substituents is 2. The number of hydrogen-bond donors (Lipinski definition) is 4. The third kappa shape index (κ3) is 7.08. The molecule has 8 aromatic carbocycles. The van der Waals surface area contributed by atoms with E-state index in [1.807, 2.05) is 6.07 Å². The maximum absolute atomic E-state index is 13.9. The highest BCUT2D eigenvalue weighted by atomic mass is 35.5. The largest absolute Gasteiger partial charge is 0.505 e. The van der Waals surface area contributed by atoms with E-state index in [1.165, 1.54) is 0 Å². The lowest BCUT2D eigenvalue weighted by Crippen LogP contribution is -2.12. The fourth-order valence-corrected chi connectivity index (χ4v) is 7.37. The van der Waals surface area contributed by atoms with Gasteiger partial charge in [-0.25, -0.2) is 0 Å². The fraction of sp³-hybridized carbons (Fsp3) is 0. The number of amides is 2. The van der Waals surface area contributed by atoms with Gasteiger partial charge in [0.05, 0.1) is 33.2 Å². The number of anilines is 2. The van der Waals surface area contributed by atoms with Crippen LogP contribution in [-0.2, 0) is 0 Å². The Bertz CT molecular complexity index is 3170. The first-order chi connectivity index (χ1) is 29.1. The van der Waals surface area contributed by atoms with Gasteiger partial charge in [0.25, 0.3) is 11.8 Å². The molecule has 0 unspecified atom stereocenters. The number of para-hydroxylation sites is 1. The number of azo groups is 2. The molecule has 60 heavy (non-hydrogen) atoms. The van der Waals surface area contributed by atoms with Gasteiger partial charge in [-0.2, -0.15) is 10.2 Å². The summed E-state index contributed by atoms with van der Waals surface area (Å²) in [5.74, 6) is -2.13. The molecule has 0 spiro atoms. The summed E-state index contributed by atoms with van der Waals surface area (Å²) in [6.07, 6.45) is 0. The van der Waals surface area contributed by atoms with Crippen molar-refractivity contribution in [2.45, 2.75) is 0 Å². The summed E-state index contributed by atoms with van der Waals surface area (Å²) in [5, 5.41) is 49.1. The third-order valence-electron chi connectivity index (χ3n) is 10.0. The lowest BCUT2D eigenvalue weighted by Gasteiger charge is -2.12. The minimum atomic E-state index is -0.584. The van der Waals surface area contributed by atoms with Gasteiger partial charge < -0.3 is 20.8 Å². The molecule has 0 fully saturated rings. The van der Waals surface area contributed by atoms with E-state index in [-0.39, 0.29) is 39.8 Å². The van der Waals surface area contributed by atoms with Gasteiger partial charge >= 0.3 is 0 Å². The Hall–Kier alpha value is -7.73. The van der Waals surface area contributed by atoms with Gasteiger partial charge in [0.15, 0.2) is 17.3 Å². The van der Waals surface area contributed by atoms with Crippen LogP contribution < -0.4 is 10.6 Å². The molecule has 9 rings (SSSR count). The van der Waals surface area contributed by atoms with Crippen LogP contribution in [0.3, 0.4) is 0 Å². The SMILES string of the molecule is O=C1c2cc(N=Nc3c(O)c(C(=O)Nc4ccc(Cl)cc4)cc4ccccc34)ccc2-c2ccc(N=Nc3c(O)c(C(=O)Nc4ccccc4Cl)cc4ccccc34)cc21. The van der Waals surface area contributed by atoms with Crippen molar-refractivity contribution >= 4 is 96.5 Å². The van der Waals surface area contributed by atoms with Crippen LogP contribution >= 0.6 is 23.2 Å². The number of aromatic hydroxyl groups is 2. The van der Waals surface area contributed by atoms with Gasteiger partial charge in [0, 0.05) is 32.6 Å². The second-order valence-corrected chi connectivity index (χ2v) is 14.6. The molecule has 8 aromatic rings. The average molecular weight is 828 g/mol. The topological polar surface area (TPSA) is 165 Å². The molecular weight excluding hydrogens is 799 g/mol.